The van der Waals surface area contributed by atoms with Crippen molar-refractivity contribution in [1.82, 2.24) is 5.32 Å². The van der Waals surface area contributed by atoms with Gasteiger partial charge in [-0.15, -0.1) is 0 Å². The van der Waals surface area contributed by atoms with E-state index >= 15 is 0 Å². The minimum Gasteiger partial charge on any atom is -0.490 e. The van der Waals surface area contributed by atoms with Crippen LogP contribution in [0.25, 0.3) is 0 Å². The summed E-state index contributed by atoms with van der Waals surface area (Å²) in [5, 5.41) is 3.52. The molecule has 0 spiro atoms. The van der Waals surface area contributed by atoms with Gasteiger partial charge >= 0.3 is 0 Å². The molecule has 18 heavy (non-hydrogen) atoms. The molecule has 0 bridgehead atoms. The minimum absolute atomic E-state index is 0.342. The molecule has 0 aromatic heterocycles. The van der Waals surface area contributed by atoms with Gasteiger partial charge in [0.2, 0.25) is 0 Å². The second-order valence-corrected chi connectivity index (χ2v) is 5.81. The number of rotatable bonds is 3. The molecule has 0 saturated heterocycles. The van der Waals surface area contributed by atoms with Crippen LogP contribution in [-0.4, -0.2) is 13.2 Å². The summed E-state index contributed by atoms with van der Waals surface area (Å²) in [6, 6.07) is 7.29. The zero-order valence-electron chi connectivity index (χ0n) is 11.4. The molecule has 98 valence electrons. The van der Waals surface area contributed by atoms with E-state index in [-0.39, 0.29) is 0 Å². The highest BCUT2D eigenvalue weighted by atomic mass is 16.5. The second kappa shape index (κ2) is 4.93. The number of hydrogen-bond donors (Lipinski definition) is 1. The fourth-order valence-electron chi connectivity index (χ4n) is 3.60. The molecular formula is C16H23NO. The Bertz CT molecular complexity index is 423. The van der Waals surface area contributed by atoms with Crippen LogP contribution in [0.1, 0.15) is 49.8 Å². The lowest BCUT2D eigenvalue weighted by atomic mass is 9.90. The van der Waals surface area contributed by atoms with Crippen LogP contribution in [0.4, 0.5) is 0 Å². The smallest absolute Gasteiger partial charge is 0.123 e. The van der Waals surface area contributed by atoms with Crippen molar-refractivity contribution in [2.24, 2.45) is 5.92 Å². The standard InChI is InChI=1S/C16H23NO/c1-11-9-14-10-13(7-8-15(14)18-11)16(17-2)12-5-3-4-6-12/h7-8,10-12,16-17H,3-6,9H2,1-2H3. The van der Waals surface area contributed by atoms with Crippen LogP contribution >= 0.6 is 0 Å². The number of hydrogen-bond acceptors (Lipinski definition) is 2. The molecule has 1 aromatic carbocycles. The topological polar surface area (TPSA) is 21.3 Å². The van der Waals surface area contributed by atoms with Crippen LogP contribution in [0.2, 0.25) is 0 Å². The monoisotopic (exact) mass is 245 g/mol. The van der Waals surface area contributed by atoms with Gasteiger partial charge in [0.15, 0.2) is 0 Å². The lowest BCUT2D eigenvalue weighted by Crippen LogP contribution is -2.23. The van der Waals surface area contributed by atoms with Crippen LogP contribution in [0.5, 0.6) is 5.75 Å². The third-order valence-electron chi connectivity index (χ3n) is 4.46. The molecule has 2 nitrogen and oxygen atoms in total. The molecule has 1 aromatic rings. The Morgan fingerprint density at radius 2 is 2.06 bits per heavy atom. The minimum atomic E-state index is 0.342. The van der Waals surface area contributed by atoms with E-state index in [0.29, 0.717) is 12.1 Å². The van der Waals surface area contributed by atoms with E-state index in [2.05, 4.69) is 37.5 Å². The Labute approximate surface area is 110 Å². The highest BCUT2D eigenvalue weighted by Crippen LogP contribution is 2.38. The predicted octanol–water partition coefficient (Wildman–Crippen LogP) is 3.46. The van der Waals surface area contributed by atoms with Crippen molar-refractivity contribution in [1.29, 1.82) is 0 Å². The molecule has 2 unspecified atom stereocenters. The molecule has 2 heteroatoms. The lowest BCUT2D eigenvalue weighted by Gasteiger charge is -2.23. The van der Waals surface area contributed by atoms with Gasteiger partial charge in [-0.2, -0.15) is 0 Å². The summed E-state index contributed by atoms with van der Waals surface area (Å²) < 4.78 is 5.78. The van der Waals surface area contributed by atoms with Gasteiger partial charge in [0.1, 0.15) is 11.9 Å². The molecule has 0 amide bonds. The first kappa shape index (κ1) is 12.0. The van der Waals surface area contributed by atoms with Gasteiger partial charge in [-0.05, 0) is 49.9 Å². The average Bonchev–Trinajstić information content (AvgIpc) is 2.97. The summed E-state index contributed by atoms with van der Waals surface area (Å²) in [5.74, 6) is 1.90. The summed E-state index contributed by atoms with van der Waals surface area (Å²) in [4.78, 5) is 0. The third-order valence-corrected chi connectivity index (χ3v) is 4.46. The summed E-state index contributed by atoms with van der Waals surface area (Å²) in [6.45, 7) is 2.15. The molecule has 2 aliphatic rings. The van der Waals surface area contributed by atoms with Gasteiger partial charge < -0.3 is 10.1 Å². The van der Waals surface area contributed by atoms with Crippen molar-refractivity contribution in [3.05, 3.63) is 29.3 Å². The summed E-state index contributed by atoms with van der Waals surface area (Å²) in [5.41, 5.74) is 2.83. The number of ether oxygens (including phenoxy) is 1. The van der Waals surface area contributed by atoms with E-state index in [9.17, 15) is 0 Å². The van der Waals surface area contributed by atoms with E-state index in [0.717, 1.165) is 18.1 Å². The fourth-order valence-corrected chi connectivity index (χ4v) is 3.60. The molecule has 1 aliphatic heterocycles. The Balaban J connectivity index is 1.84. The quantitative estimate of drug-likeness (QED) is 0.880. The predicted molar refractivity (Wildman–Crippen MR) is 74.0 cm³/mol. The highest BCUT2D eigenvalue weighted by Gasteiger charge is 2.27. The van der Waals surface area contributed by atoms with Crippen molar-refractivity contribution in [3.63, 3.8) is 0 Å². The zero-order valence-corrected chi connectivity index (χ0v) is 11.4. The first-order chi connectivity index (χ1) is 8.78. The summed E-state index contributed by atoms with van der Waals surface area (Å²) in [6.07, 6.45) is 6.94. The van der Waals surface area contributed by atoms with Crippen molar-refractivity contribution in [3.8, 4) is 5.75 Å². The number of fused-ring (bicyclic) bond motifs is 1. The van der Waals surface area contributed by atoms with E-state index < -0.39 is 0 Å². The number of benzene rings is 1. The second-order valence-electron chi connectivity index (χ2n) is 5.81. The van der Waals surface area contributed by atoms with Crippen molar-refractivity contribution >= 4 is 0 Å². The maximum atomic E-state index is 5.78. The van der Waals surface area contributed by atoms with Crippen LogP contribution in [-0.2, 0) is 6.42 Å². The van der Waals surface area contributed by atoms with Crippen molar-refractivity contribution in [2.45, 2.75) is 51.2 Å². The third kappa shape index (κ3) is 2.14. The molecule has 3 rings (SSSR count). The van der Waals surface area contributed by atoms with E-state index in [1.165, 1.54) is 36.8 Å². The lowest BCUT2D eigenvalue weighted by molar-refractivity contribution is 0.254. The highest BCUT2D eigenvalue weighted by molar-refractivity contribution is 5.41. The fraction of sp³-hybridized carbons (Fsp3) is 0.625. The molecule has 1 N–H and O–H groups in total. The Hall–Kier alpha value is -1.02. The van der Waals surface area contributed by atoms with Gasteiger partial charge in [-0.3, -0.25) is 0 Å². The molecule has 0 radical (unpaired) electrons. The average molecular weight is 245 g/mol. The normalized spacial score (nSPS) is 24.9. The zero-order chi connectivity index (χ0) is 12.5. The van der Waals surface area contributed by atoms with Gasteiger partial charge in [0, 0.05) is 12.5 Å². The molecule has 1 heterocycles. The van der Waals surface area contributed by atoms with E-state index in [4.69, 9.17) is 4.74 Å². The Kier molecular flexibility index (Phi) is 3.29. The van der Waals surface area contributed by atoms with Crippen LogP contribution in [0, 0.1) is 5.92 Å². The van der Waals surface area contributed by atoms with E-state index in [1.54, 1.807) is 0 Å². The Morgan fingerprint density at radius 3 is 2.78 bits per heavy atom. The van der Waals surface area contributed by atoms with Crippen LogP contribution in [0.3, 0.4) is 0 Å². The largest absolute Gasteiger partial charge is 0.490 e. The van der Waals surface area contributed by atoms with E-state index in [1.807, 2.05) is 0 Å². The molecule has 2 atom stereocenters. The summed E-state index contributed by atoms with van der Waals surface area (Å²) >= 11 is 0. The first-order valence-electron chi connectivity index (χ1n) is 7.24. The van der Waals surface area contributed by atoms with Crippen molar-refractivity contribution in [2.75, 3.05) is 7.05 Å². The first-order valence-corrected chi connectivity index (χ1v) is 7.24. The summed E-state index contributed by atoms with van der Waals surface area (Å²) in [7, 11) is 2.09. The van der Waals surface area contributed by atoms with Gasteiger partial charge in [0.05, 0.1) is 0 Å². The Morgan fingerprint density at radius 1 is 1.28 bits per heavy atom. The maximum Gasteiger partial charge on any atom is 0.123 e. The van der Waals surface area contributed by atoms with Crippen LogP contribution in [0.15, 0.2) is 18.2 Å². The molecule has 1 saturated carbocycles. The molecule has 1 fully saturated rings. The van der Waals surface area contributed by atoms with Crippen LogP contribution < -0.4 is 10.1 Å². The van der Waals surface area contributed by atoms with Gasteiger partial charge in [-0.1, -0.05) is 25.0 Å². The van der Waals surface area contributed by atoms with Gasteiger partial charge in [-0.25, -0.2) is 0 Å². The number of nitrogens with one attached hydrogen (secondary N) is 1. The molecular weight excluding hydrogens is 222 g/mol. The van der Waals surface area contributed by atoms with Crippen molar-refractivity contribution < 1.29 is 4.74 Å². The maximum absolute atomic E-state index is 5.78. The molecule has 1 aliphatic carbocycles. The van der Waals surface area contributed by atoms with Gasteiger partial charge in [0.25, 0.3) is 0 Å². The SMILES string of the molecule is CNC(c1ccc2c(c1)CC(C)O2)C1CCCC1.